The Labute approximate surface area is 87.3 Å². The van der Waals surface area contributed by atoms with Gasteiger partial charge in [-0.25, -0.2) is 0 Å². The van der Waals surface area contributed by atoms with Crippen molar-refractivity contribution in [1.82, 2.24) is 0 Å². The van der Waals surface area contributed by atoms with Crippen molar-refractivity contribution >= 4 is 17.3 Å². The Bertz CT molecular complexity index is 294. The Kier molecular flexibility index (Phi) is 3.66. The fraction of sp³-hybridized carbons (Fsp3) is 0.500. The lowest BCUT2D eigenvalue weighted by molar-refractivity contribution is -0.151. The molecule has 0 bridgehead atoms. The van der Waals surface area contributed by atoms with E-state index in [9.17, 15) is 9.90 Å². The molecule has 0 amide bonds. The zero-order valence-corrected chi connectivity index (χ0v) is 9.13. The number of thiophene rings is 1. The molecular formula is C10H14O3S. The third kappa shape index (κ3) is 1.96. The van der Waals surface area contributed by atoms with E-state index in [-0.39, 0.29) is 12.6 Å². The lowest BCUT2D eigenvalue weighted by atomic mass is 9.85. The molecule has 1 aromatic heterocycles. The van der Waals surface area contributed by atoms with Crippen LogP contribution in [-0.2, 0) is 14.9 Å². The van der Waals surface area contributed by atoms with Gasteiger partial charge in [0.1, 0.15) is 5.41 Å². The zero-order valence-electron chi connectivity index (χ0n) is 8.32. The van der Waals surface area contributed by atoms with Crippen LogP contribution in [0.25, 0.3) is 0 Å². The topological polar surface area (TPSA) is 46.5 Å². The van der Waals surface area contributed by atoms with Crippen molar-refractivity contribution in [2.45, 2.75) is 19.3 Å². The maximum Gasteiger partial charge on any atom is 0.318 e. The van der Waals surface area contributed by atoms with Gasteiger partial charge in [-0.1, -0.05) is 0 Å². The summed E-state index contributed by atoms with van der Waals surface area (Å²) in [5.41, 5.74) is -0.112. The first-order valence-corrected chi connectivity index (χ1v) is 5.40. The summed E-state index contributed by atoms with van der Waals surface area (Å²) in [6, 6.07) is 1.83. The number of aliphatic hydroxyl groups is 1. The quantitative estimate of drug-likeness (QED) is 0.774. The number of rotatable bonds is 4. The summed E-state index contributed by atoms with van der Waals surface area (Å²) >= 11 is 1.50. The van der Waals surface area contributed by atoms with Gasteiger partial charge in [-0.2, -0.15) is 11.3 Å². The zero-order chi connectivity index (χ0) is 10.6. The first kappa shape index (κ1) is 11.2. The highest BCUT2D eigenvalue weighted by Gasteiger charge is 2.36. The number of esters is 1. The molecular weight excluding hydrogens is 200 g/mol. The normalized spacial score (nSPS) is 14.8. The average Bonchev–Trinajstić information content (AvgIpc) is 2.70. The van der Waals surface area contributed by atoms with E-state index in [1.54, 1.807) is 13.8 Å². The Morgan fingerprint density at radius 2 is 2.43 bits per heavy atom. The van der Waals surface area contributed by atoms with Gasteiger partial charge < -0.3 is 9.84 Å². The van der Waals surface area contributed by atoms with Crippen molar-refractivity contribution < 1.29 is 14.6 Å². The van der Waals surface area contributed by atoms with E-state index in [0.717, 1.165) is 5.56 Å². The fourth-order valence-electron chi connectivity index (χ4n) is 1.14. The van der Waals surface area contributed by atoms with Gasteiger partial charge in [-0.05, 0) is 36.2 Å². The molecule has 0 saturated heterocycles. The highest BCUT2D eigenvalue weighted by atomic mass is 32.1. The Hall–Kier alpha value is -0.870. The Balaban J connectivity index is 2.92. The summed E-state index contributed by atoms with van der Waals surface area (Å²) in [6.07, 6.45) is 0. The molecule has 1 atom stereocenters. The summed E-state index contributed by atoms with van der Waals surface area (Å²) in [5.74, 6) is -0.374. The predicted octanol–water partition coefficient (Wildman–Crippen LogP) is 1.56. The maximum atomic E-state index is 11.6. The minimum Gasteiger partial charge on any atom is -0.465 e. The van der Waals surface area contributed by atoms with Crippen LogP contribution in [0.5, 0.6) is 0 Å². The minimum absolute atomic E-state index is 0.234. The molecule has 1 aromatic rings. The van der Waals surface area contributed by atoms with Crippen molar-refractivity contribution in [2.24, 2.45) is 0 Å². The summed E-state index contributed by atoms with van der Waals surface area (Å²) in [5, 5.41) is 13.0. The summed E-state index contributed by atoms with van der Waals surface area (Å²) < 4.78 is 4.93. The van der Waals surface area contributed by atoms with E-state index >= 15 is 0 Å². The molecule has 0 saturated carbocycles. The monoisotopic (exact) mass is 214 g/mol. The van der Waals surface area contributed by atoms with E-state index in [1.165, 1.54) is 11.3 Å². The molecule has 0 fully saturated rings. The summed E-state index contributed by atoms with van der Waals surface area (Å²) in [4.78, 5) is 11.6. The van der Waals surface area contributed by atoms with Gasteiger partial charge in [0, 0.05) is 0 Å². The molecule has 3 nitrogen and oxygen atoms in total. The molecule has 1 heterocycles. The molecule has 78 valence electrons. The maximum absolute atomic E-state index is 11.6. The van der Waals surface area contributed by atoms with Gasteiger partial charge in [0.2, 0.25) is 0 Å². The number of aliphatic hydroxyl groups excluding tert-OH is 1. The number of hydrogen-bond donors (Lipinski definition) is 1. The molecule has 0 spiro atoms. The fourth-order valence-corrected chi connectivity index (χ4v) is 1.93. The SMILES string of the molecule is CCOC(=O)[C@](C)(CO)c1ccsc1. The van der Waals surface area contributed by atoms with Gasteiger partial charge in [-0.3, -0.25) is 4.79 Å². The standard InChI is InChI=1S/C10H14O3S/c1-3-13-9(12)10(2,7-11)8-4-5-14-6-8/h4-6,11H,3,7H2,1-2H3/t10-/m1/s1. The first-order chi connectivity index (χ1) is 6.65. The third-order valence-corrected chi connectivity index (χ3v) is 2.88. The molecule has 0 aliphatic heterocycles. The molecule has 1 N–H and O–H groups in total. The number of carbonyl (C=O) groups is 1. The van der Waals surface area contributed by atoms with E-state index in [2.05, 4.69) is 0 Å². The van der Waals surface area contributed by atoms with Crippen LogP contribution in [0.1, 0.15) is 19.4 Å². The number of hydrogen-bond acceptors (Lipinski definition) is 4. The number of carbonyl (C=O) groups excluding carboxylic acids is 1. The van der Waals surface area contributed by atoms with Crippen molar-refractivity contribution in [3.8, 4) is 0 Å². The van der Waals surface area contributed by atoms with Gasteiger partial charge in [-0.15, -0.1) is 0 Å². The Morgan fingerprint density at radius 1 is 1.71 bits per heavy atom. The van der Waals surface area contributed by atoms with E-state index < -0.39 is 5.41 Å². The molecule has 0 unspecified atom stereocenters. The van der Waals surface area contributed by atoms with Gasteiger partial charge in [0.25, 0.3) is 0 Å². The lowest BCUT2D eigenvalue weighted by Crippen LogP contribution is -2.37. The van der Waals surface area contributed by atoms with Gasteiger partial charge >= 0.3 is 5.97 Å². The summed E-state index contributed by atoms with van der Waals surface area (Å²) in [7, 11) is 0. The van der Waals surface area contributed by atoms with E-state index in [1.807, 2.05) is 16.8 Å². The van der Waals surface area contributed by atoms with Crippen LogP contribution in [0.2, 0.25) is 0 Å². The number of ether oxygens (including phenoxy) is 1. The molecule has 14 heavy (non-hydrogen) atoms. The van der Waals surface area contributed by atoms with E-state index in [0.29, 0.717) is 6.61 Å². The second-order valence-electron chi connectivity index (χ2n) is 3.22. The van der Waals surface area contributed by atoms with Crippen molar-refractivity contribution in [3.05, 3.63) is 22.4 Å². The molecule has 0 aliphatic carbocycles. The van der Waals surface area contributed by atoms with Crippen LogP contribution in [0.15, 0.2) is 16.8 Å². The van der Waals surface area contributed by atoms with Crippen LogP contribution < -0.4 is 0 Å². The Morgan fingerprint density at radius 3 is 2.86 bits per heavy atom. The molecule has 0 aliphatic rings. The second kappa shape index (κ2) is 4.57. The average molecular weight is 214 g/mol. The summed E-state index contributed by atoms with van der Waals surface area (Å²) in [6.45, 7) is 3.54. The van der Waals surface area contributed by atoms with Crippen molar-refractivity contribution in [3.63, 3.8) is 0 Å². The largest absolute Gasteiger partial charge is 0.465 e. The highest BCUT2D eigenvalue weighted by Crippen LogP contribution is 2.26. The molecule has 4 heteroatoms. The van der Waals surface area contributed by atoms with Crippen LogP contribution in [-0.4, -0.2) is 24.3 Å². The third-order valence-electron chi connectivity index (χ3n) is 2.20. The molecule has 0 aromatic carbocycles. The van der Waals surface area contributed by atoms with Crippen molar-refractivity contribution in [2.75, 3.05) is 13.2 Å². The molecule has 0 radical (unpaired) electrons. The van der Waals surface area contributed by atoms with Crippen LogP contribution in [0.4, 0.5) is 0 Å². The highest BCUT2D eigenvalue weighted by molar-refractivity contribution is 7.08. The lowest BCUT2D eigenvalue weighted by Gasteiger charge is -2.23. The predicted molar refractivity (Wildman–Crippen MR) is 55.4 cm³/mol. The van der Waals surface area contributed by atoms with Crippen LogP contribution in [0, 0.1) is 0 Å². The van der Waals surface area contributed by atoms with Gasteiger partial charge in [0.05, 0.1) is 13.2 Å². The molecule has 1 rings (SSSR count). The first-order valence-electron chi connectivity index (χ1n) is 4.46. The van der Waals surface area contributed by atoms with Crippen molar-refractivity contribution in [1.29, 1.82) is 0 Å². The second-order valence-corrected chi connectivity index (χ2v) is 4.00. The van der Waals surface area contributed by atoms with Crippen LogP contribution in [0.3, 0.4) is 0 Å². The van der Waals surface area contributed by atoms with Crippen LogP contribution >= 0.6 is 11.3 Å². The smallest absolute Gasteiger partial charge is 0.318 e. The van der Waals surface area contributed by atoms with Gasteiger partial charge in [0.15, 0.2) is 0 Å². The minimum atomic E-state index is -0.921. The van der Waals surface area contributed by atoms with E-state index in [4.69, 9.17) is 4.74 Å².